The van der Waals surface area contributed by atoms with Crippen LogP contribution in [0.5, 0.6) is 0 Å². The molecule has 1 aliphatic carbocycles. The fourth-order valence-corrected chi connectivity index (χ4v) is 2.59. The molecule has 0 aromatic heterocycles. The Hall–Kier alpha value is -1.24. The number of aliphatic carboxylic acids is 1. The number of ether oxygens (including phenoxy) is 1. The molecule has 1 amide bonds. The zero-order valence-corrected chi connectivity index (χ0v) is 11.5. The average Bonchev–Trinajstić information content (AvgIpc) is 2.82. The molecule has 0 saturated heterocycles. The van der Waals surface area contributed by atoms with Gasteiger partial charge in [0.1, 0.15) is 6.61 Å². The molecule has 2 N–H and O–H groups in total. The number of rotatable bonds is 8. The smallest absolute Gasteiger partial charge is 0.307 e. The van der Waals surface area contributed by atoms with Crippen LogP contribution in [0, 0.1) is 17.8 Å². The first-order valence-corrected chi connectivity index (χ1v) is 6.82. The summed E-state index contributed by atoms with van der Waals surface area (Å²) < 4.78 is 28.3. The van der Waals surface area contributed by atoms with Gasteiger partial charge in [-0.05, 0) is 18.8 Å². The van der Waals surface area contributed by atoms with Crippen LogP contribution in [0.15, 0.2) is 0 Å². The molecule has 1 rings (SSSR count). The number of alkyl halides is 2. The van der Waals surface area contributed by atoms with E-state index < -0.39 is 30.8 Å². The lowest BCUT2D eigenvalue weighted by Crippen LogP contribution is -2.37. The lowest BCUT2D eigenvalue weighted by Gasteiger charge is -2.15. The quantitative estimate of drug-likeness (QED) is 0.665. The molecule has 3 atom stereocenters. The third-order valence-electron chi connectivity index (χ3n) is 3.68. The first-order chi connectivity index (χ1) is 9.45. The van der Waals surface area contributed by atoms with E-state index >= 15 is 0 Å². The standard InChI is InChI=1S/C13H21F2NO4/c1-2-8-5-9(10(6-8)13(18)19)12(17)16-3-4-20-7-11(14)15/h8-11H,2-7H2,1H3,(H,16,17)(H,18,19). The van der Waals surface area contributed by atoms with Gasteiger partial charge in [-0.1, -0.05) is 13.3 Å². The van der Waals surface area contributed by atoms with Gasteiger partial charge in [0.25, 0.3) is 6.43 Å². The summed E-state index contributed by atoms with van der Waals surface area (Å²) in [6.45, 7) is 1.43. The number of halogens is 2. The Kier molecular flexibility index (Phi) is 6.84. The molecule has 1 fully saturated rings. The van der Waals surface area contributed by atoms with Crippen molar-refractivity contribution in [2.24, 2.45) is 17.8 Å². The topological polar surface area (TPSA) is 75.6 Å². The maximum Gasteiger partial charge on any atom is 0.307 e. The number of nitrogens with one attached hydrogen (secondary N) is 1. The minimum Gasteiger partial charge on any atom is -0.481 e. The van der Waals surface area contributed by atoms with Crippen molar-refractivity contribution < 1.29 is 28.2 Å². The summed E-state index contributed by atoms with van der Waals surface area (Å²) in [4.78, 5) is 23.1. The van der Waals surface area contributed by atoms with Gasteiger partial charge in [0, 0.05) is 6.54 Å². The molecule has 5 nitrogen and oxygen atoms in total. The van der Waals surface area contributed by atoms with Gasteiger partial charge in [0.2, 0.25) is 5.91 Å². The lowest BCUT2D eigenvalue weighted by molar-refractivity contribution is -0.146. The predicted molar refractivity (Wildman–Crippen MR) is 67.5 cm³/mol. The van der Waals surface area contributed by atoms with Gasteiger partial charge in [0.05, 0.1) is 18.4 Å². The minimum atomic E-state index is -2.53. The van der Waals surface area contributed by atoms with Crippen LogP contribution >= 0.6 is 0 Å². The third-order valence-corrected chi connectivity index (χ3v) is 3.68. The molecule has 20 heavy (non-hydrogen) atoms. The average molecular weight is 293 g/mol. The van der Waals surface area contributed by atoms with Gasteiger partial charge in [0.15, 0.2) is 0 Å². The highest BCUT2D eigenvalue weighted by molar-refractivity contribution is 5.85. The summed E-state index contributed by atoms with van der Waals surface area (Å²) in [7, 11) is 0. The molecule has 0 aromatic rings. The van der Waals surface area contributed by atoms with Crippen molar-refractivity contribution in [3.63, 3.8) is 0 Å². The Morgan fingerprint density at radius 1 is 1.35 bits per heavy atom. The maximum absolute atomic E-state index is 11.9. The monoisotopic (exact) mass is 293 g/mol. The van der Waals surface area contributed by atoms with Crippen LogP contribution in [0.4, 0.5) is 8.78 Å². The predicted octanol–water partition coefficient (Wildman–Crippen LogP) is 1.52. The van der Waals surface area contributed by atoms with Gasteiger partial charge in [-0.2, -0.15) is 0 Å². The highest BCUT2D eigenvalue weighted by atomic mass is 19.3. The molecule has 3 unspecified atom stereocenters. The molecule has 0 aliphatic heterocycles. The van der Waals surface area contributed by atoms with Gasteiger partial charge >= 0.3 is 5.97 Å². The fraction of sp³-hybridized carbons (Fsp3) is 0.846. The summed E-state index contributed by atoms with van der Waals surface area (Å²) in [5.41, 5.74) is 0. The van der Waals surface area contributed by atoms with E-state index in [2.05, 4.69) is 10.1 Å². The van der Waals surface area contributed by atoms with Gasteiger partial charge in [-0.3, -0.25) is 9.59 Å². The van der Waals surface area contributed by atoms with Crippen LogP contribution in [0.2, 0.25) is 0 Å². The molecule has 0 bridgehead atoms. The Labute approximate surface area is 116 Å². The second-order valence-corrected chi connectivity index (χ2v) is 5.05. The fourth-order valence-electron chi connectivity index (χ4n) is 2.59. The molecule has 116 valence electrons. The first kappa shape index (κ1) is 16.8. The van der Waals surface area contributed by atoms with Crippen molar-refractivity contribution in [2.75, 3.05) is 19.8 Å². The number of carboxylic acids is 1. The van der Waals surface area contributed by atoms with Crippen LogP contribution in [0.25, 0.3) is 0 Å². The van der Waals surface area contributed by atoms with E-state index in [0.717, 1.165) is 6.42 Å². The molecule has 0 aromatic carbocycles. The molecule has 7 heteroatoms. The molecule has 0 spiro atoms. The minimum absolute atomic E-state index is 0.00224. The Morgan fingerprint density at radius 3 is 2.55 bits per heavy atom. The van der Waals surface area contributed by atoms with E-state index in [0.29, 0.717) is 12.8 Å². The normalized spacial score (nSPS) is 25.9. The van der Waals surface area contributed by atoms with Crippen molar-refractivity contribution in [3.05, 3.63) is 0 Å². The maximum atomic E-state index is 11.9. The van der Waals surface area contributed by atoms with E-state index in [4.69, 9.17) is 5.11 Å². The van der Waals surface area contributed by atoms with Crippen molar-refractivity contribution in [1.29, 1.82) is 0 Å². The van der Waals surface area contributed by atoms with Crippen LogP contribution in [0.1, 0.15) is 26.2 Å². The van der Waals surface area contributed by atoms with Gasteiger partial charge < -0.3 is 15.2 Å². The lowest BCUT2D eigenvalue weighted by atomic mass is 9.95. The van der Waals surface area contributed by atoms with E-state index in [1.165, 1.54) is 0 Å². The number of carbonyl (C=O) groups excluding carboxylic acids is 1. The van der Waals surface area contributed by atoms with Gasteiger partial charge in [-0.15, -0.1) is 0 Å². The van der Waals surface area contributed by atoms with Crippen molar-refractivity contribution in [3.8, 4) is 0 Å². The van der Waals surface area contributed by atoms with Crippen molar-refractivity contribution in [2.45, 2.75) is 32.6 Å². The first-order valence-electron chi connectivity index (χ1n) is 6.82. The largest absolute Gasteiger partial charge is 0.481 e. The van der Waals surface area contributed by atoms with Crippen molar-refractivity contribution >= 4 is 11.9 Å². The SMILES string of the molecule is CCC1CC(C(=O)O)C(C(=O)NCCOCC(F)F)C1. The third kappa shape index (κ3) is 5.03. The molecule has 0 heterocycles. The summed E-state index contributed by atoms with van der Waals surface area (Å²) >= 11 is 0. The molecule has 1 saturated carbocycles. The molecule has 0 radical (unpaired) electrons. The number of hydrogen-bond acceptors (Lipinski definition) is 3. The summed E-state index contributed by atoms with van der Waals surface area (Å²) in [5, 5.41) is 11.7. The molecular formula is C13H21F2NO4. The van der Waals surface area contributed by atoms with Crippen molar-refractivity contribution in [1.82, 2.24) is 5.32 Å². The summed E-state index contributed by atoms with van der Waals surface area (Å²) in [6.07, 6.45) is -0.587. The summed E-state index contributed by atoms with van der Waals surface area (Å²) in [6, 6.07) is 0. The highest BCUT2D eigenvalue weighted by Crippen LogP contribution is 2.38. The number of carboxylic acid groups (broad SMARTS) is 1. The Bertz CT molecular complexity index is 338. The van der Waals surface area contributed by atoms with Gasteiger partial charge in [-0.25, -0.2) is 8.78 Å². The van der Waals surface area contributed by atoms with E-state index in [1.54, 1.807) is 0 Å². The van der Waals surface area contributed by atoms with Crippen LogP contribution < -0.4 is 5.32 Å². The number of carbonyl (C=O) groups is 2. The van der Waals surface area contributed by atoms with Crippen LogP contribution in [-0.4, -0.2) is 43.2 Å². The highest BCUT2D eigenvalue weighted by Gasteiger charge is 2.41. The molecular weight excluding hydrogens is 272 g/mol. The summed E-state index contributed by atoms with van der Waals surface area (Å²) in [5.74, 6) is -2.21. The number of hydrogen-bond donors (Lipinski definition) is 2. The Balaban J connectivity index is 2.35. The van der Waals surface area contributed by atoms with E-state index in [1.807, 2.05) is 6.92 Å². The zero-order chi connectivity index (χ0) is 15.1. The second kappa shape index (κ2) is 8.14. The van der Waals surface area contributed by atoms with Crippen LogP contribution in [0.3, 0.4) is 0 Å². The van der Waals surface area contributed by atoms with E-state index in [-0.39, 0.29) is 25.0 Å². The van der Waals surface area contributed by atoms with E-state index in [9.17, 15) is 18.4 Å². The van der Waals surface area contributed by atoms with Crippen LogP contribution in [-0.2, 0) is 14.3 Å². The number of amides is 1. The Morgan fingerprint density at radius 2 is 2.00 bits per heavy atom. The second-order valence-electron chi connectivity index (χ2n) is 5.05. The zero-order valence-electron chi connectivity index (χ0n) is 11.5. The molecule has 1 aliphatic rings.